The van der Waals surface area contributed by atoms with Crippen molar-refractivity contribution >= 4 is 17.6 Å². The van der Waals surface area contributed by atoms with E-state index in [1.165, 1.54) is 24.3 Å². The number of amides is 3. The van der Waals surface area contributed by atoms with Crippen molar-refractivity contribution in [1.82, 2.24) is 15.5 Å². The molecule has 24 heavy (non-hydrogen) atoms. The molecule has 1 saturated heterocycles. The van der Waals surface area contributed by atoms with Crippen LogP contribution in [0.25, 0.3) is 0 Å². The Labute approximate surface area is 140 Å². The summed E-state index contributed by atoms with van der Waals surface area (Å²) in [6.07, 6.45) is 2.95. The lowest BCUT2D eigenvalue weighted by Crippen LogP contribution is -2.46. The van der Waals surface area contributed by atoms with Crippen LogP contribution in [0.5, 0.6) is 0 Å². The predicted molar refractivity (Wildman–Crippen MR) is 89.2 cm³/mol. The van der Waals surface area contributed by atoms with Gasteiger partial charge in [-0.15, -0.1) is 0 Å². The molecule has 1 aliphatic carbocycles. The Balaban J connectivity index is 1.44. The second-order valence-electron chi connectivity index (χ2n) is 6.54. The van der Waals surface area contributed by atoms with Crippen molar-refractivity contribution < 1.29 is 14.0 Å². The molecular formula is C17H23FN4O2. The van der Waals surface area contributed by atoms with Crippen LogP contribution in [0, 0.1) is 5.82 Å². The Morgan fingerprint density at radius 3 is 2.50 bits per heavy atom. The van der Waals surface area contributed by atoms with E-state index in [1.54, 1.807) is 0 Å². The first-order valence-corrected chi connectivity index (χ1v) is 8.39. The Hall–Kier alpha value is -2.15. The first kappa shape index (κ1) is 16.7. The number of carbonyl (C=O) groups excluding carboxylic acids is 2. The number of likely N-dealkylation sites (tertiary alicyclic amines) is 1. The number of nitrogens with one attached hydrogen (secondary N) is 3. The van der Waals surface area contributed by atoms with Crippen LogP contribution in [0.2, 0.25) is 0 Å². The van der Waals surface area contributed by atoms with Crippen LogP contribution in [-0.4, -0.2) is 48.1 Å². The fourth-order valence-electron chi connectivity index (χ4n) is 2.86. The van der Waals surface area contributed by atoms with Crippen LogP contribution in [0.4, 0.5) is 14.9 Å². The molecule has 1 saturated carbocycles. The average Bonchev–Trinajstić information content (AvgIpc) is 3.25. The summed E-state index contributed by atoms with van der Waals surface area (Å²) in [5.41, 5.74) is 0.543. The second-order valence-corrected chi connectivity index (χ2v) is 6.54. The quantitative estimate of drug-likeness (QED) is 0.767. The van der Waals surface area contributed by atoms with Crippen molar-refractivity contribution in [2.24, 2.45) is 0 Å². The van der Waals surface area contributed by atoms with Gasteiger partial charge in [0.1, 0.15) is 5.82 Å². The van der Waals surface area contributed by atoms with E-state index in [9.17, 15) is 14.0 Å². The molecule has 6 nitrogen and oxygen atoms in total. The van der Waals surface area contributed by atoms with Gasteiger partial charge in [0.05, 0.1) is 6.04 Å². The van der Waals surface area contributed by atoms with Gasteiger partial charge in [0.2, 0.25) is 5.91 Å². The number of nitrogens with zero attached hydrogens (tertiary/aromatic N) is 1. The Bertz CT molecular complexity index is 603. The highest BCUT2D eigenvalue weighted by Gasteiger charge is 2.32. The van der Waals surface area contributed by atoms with Crippen LogP contribution in [0.15, 0.2) is 24.3 Å². The molecule has 0 spiro atoms. The maximum absolute atomic E-state index is 12.9. The molecule has 3 N–H and O–H groups in total. The third kappa shape index (κ3) is 4.44. The number of urea groups is 1. The van der Waals surface area contributed by atoms with Gasteiger partial charge in [0.25, 0.3) is 0 Å². The van der Waals surface area contributed by atoms with Gasteiger partial charge in [0.15, 0.2) is 0 Å². The average molecular weight is 334 g/mol. The molecule has 7 heteroatoms. The van der Waals surface area contributed by atoms with Crippen molar-refractivity contribution in [2.75, 3.05) is 18.4 Å². The van der Waals surface area contributed by atoms with Crippen molar-refractivity contribution in [3.05, 3.63) is 30.1 Å². The lowest BCUT2D eigenvalue weighted by Gasteiger charge is -2.23. The summed E-state index contributed by atoms with van der Waals surface area (Å²) < 4.78 is 12.9. The Kier molecular flexibility index (Phi) is 4.99. The van der Waals surface area contributed by atoms with Gasteiger partial charge in [-0.3, -0.25) is 9.69 Å². The first-order valence-electron chi connectivity index (χ1n) is 8.39. The molecule has 0 radical (unpaired) electrons. The van der Waals surface area contributed by atoms with E-state index in [1.807, 2.05) is 6.92 Å². The zero-order valence-electron chi connectivity index (χ0n) is 13.7. The number of rotatable bonds is 5. The van der Waals surface area contributed by atoms with Crippen molar-refractivity contribution in [1.29, 1.82) is 0 Å². The summed E-state index contributed by atoms with van der Waals surface area (Å²) in [5, 5.41) is 8.60. The Morgan fingerprint density at radius 2 is 1.83 bits per heavy atom. The minimum Gasteiger partial charge on any atom is -0.352 e. The topological polar surface area (TPSA) is 73.5 Å². The molecule has 2 fully saturated rings. The van der Waals surface area contributed by atoms with Gasteiger partial charge in [-0.05, 0) is 50.5 Å². The van der Waals surface area contributed by atoms with Gasteiger partial charge in [-0.1, -0.05) is 0 Å². The minimum absolute atomic E-state index is 0.00150. The van der Waals surface area contributed by atoms with E-state index in [2.05, 4.69) is 20.9 Å². The summed E-state index contributed by atoms with van der Waals surface area (Å²) in [6, 6.07) is 5.49. The molecule has 1 heterocycles. The van der Waals surface area contributed by atoms with E-state index in [4.69, 9.17) is 0 Å². The van der Waals surface area contributed by atoms with Gasteiger partial charge in [-0.2, -0.15) is 0 Å². The van der Waals surface area contributed by atoms with E-state index in [0.717, 1.165) is 25.8 Å². The third-order valence-corrected chi connectivity index (χ3v) is 4.51. The summed E-state index contributed by atoms with van der Waals surface area (Å²) in [6.45, 7) is 3.33. The van der Waals surface area contributed by atoms with Gasteiger partial charge < -0.3 is 16.0 Å². The largest absolute Gasteiger partial charge is 0.352 e. The molecule has 1 aromatic rings. The predicted octanol–water partition coefficient (Wildman–Crippen LogP) is 1.69. The maximum atomic E-state index is 12.9. The monoisotopic (exact) mass is 334 g/mol. The molecule has 0 bridgehead atoms. The van der Waals surface area contributed by atoms with Crippen LogP contribution >= 0.6 is 0 Å². The highest BCUT2D eigenvalue weighted by molar-refractivity contribution is 5.89. The number of benzene rings is 1. The zero-order chi connectivity index (χ0) is 17.1. The smallest absolute Gasteiger partial charge is 0.319 e. The molecule has 2 aliphatic rings. The minimum atomic E-state index is -0.342. The van der Waals surface area contributed by atoms with Crippen LogP contribution in [0.1, 0.15) is 26.2 Å². The number of hydrogen-bond acceptors (Lipinski definition) is 3. The normalized spacial score (nSPS) is 22.0. The van der Waals surface area contributed by atoms with E-state index >= 15 is 0 Å². The van der Waals surface area contributed by atoms with E-state index in [-0.39, 0.29) is 29.8 Å². The fourth-order valence-corrected chi connectivity index (χ4v) is 2.86. The summed E-state index contributed by atoms with van der Waals surface area (Å²) in [4.78, 5) is 26.2. The molecular weight excluding hydrogens is 311 g/mol. The fraction of sp³-hybridized carbons (Fsp3) is 0.529. The summed E-state index contributed by atoms with van der Waals surface area (Å²) in [5.74, 6) is -0.278. The van der Waals surface area contributed by atoms with Crippen molar-refractivity contribution in [3.63, 3.8) is 0 Å². The molecule has 0 unspecified atom stereocenters. The molecule has 3 rings (SSSR count). The first-order chi connectivity index (χ1) is 11.5. The lowest BCUT2D eigenvalue weighted by atomic mass is 10.2. The molecule has 3 amide bonds. The second kappa shape index (κ2) is 7.17. The van der Waals surface area contributed by atoms with Crippen LogP contribution in [0.3, 0.4) is 0 Å². The Morgan fingerprint density at radius 1 is 1.12 bits per heavy atom. The molecule has 2 atom stereocenters. The number of hydrogen-bond donors (Lipinski definition) is 3. The lowest BCUT2D eigenvalue weighted by molar-refractivity contribution is -0.125. The molecule has 0 aromatic heterocycles. The number of carbonyl (C=O) groups is 2. The summed E-state index contributed by atoms with van der Waals surface area (Å²) in [7, 11) is 0. The highest BCUT2D eigenvalue weighted by atomic mass is 19.1. The standard InChI is InChI=1S/C17H23FN4O2/c1-11(16(23)19-13-6-7-13)22-9-8-15(10-22)21-17(24)20-14-4-2-12(18)3-5-14/h2-5,11,13,15H,6-10H2,1H3,(H,19,23)(H2,20,21,24)/t11-,15-/m0/s1. The molecule has 1 aliphatic heterocycles. The van der Waals surface area contributed by atoms with Gasteiger partial charge in [-0.25, -0.2) is 9.18 Å². The van der Waals surface area contributed by atoms with Crippen molar-refractivity contribution in [2.45, 2.75) is 44.3 Å². The summed E-state index contributed by atoms with van der Waals surface area (Å²) >= 11 is 0. The van der Waals surface area contributed by atoms with Crippen molar-refractivity contribution in [3.8, 4) is 0 Å². The highest BCUT2D eigenvalue weighted by Crippen LogP contribution is 2.20. The maximum Gasteiger partial charge on any atom is 0.319 e. The number of halogens is 1. The number of anilines is 1. The van der Waals surface area contributed by atoms with Gasteiger partial charge in [0, 0.05) is 30.9 Å². The third-order valence-electron chi connectivity index (χ3n) is 4.51. The zero-order valence-corrected chi connectivity index (χ0v) is 13.7. The van der Waals surface area contributed by atoms with E-state index < -0.39 is 0 Å². The molecule has 130 valence electrons. The van der Waals surface area contributed by atoms with Crippen LogP contribution < -0.4 is 16.0 Å². The SMILES string of the molecule is C[C@@H](C(=O)NC1CC1)N1CC[C@H](NC(=O)Nc2ccc(F)cc2)C1. The molecule has 1 aromatic carbocycles. The van der Waals surface area contributed by atoms with Gasteiger partial charge >= 0.3 is 6.03 Å². The van der Waals surface area contributed by atoms with Crippen LogP contribution in [-0.2, 0) is 4.79 Å². The van der Waals surface area contributed by atoms with E-state index in [0.29, 0.717) is 18.3 Å².